The average molecular weight is 128 g/mol. The van der Waals surface area contributed by atoms with Crippen molar-refractivity contribution < 1.29 is 14.6 Å². The zero-order chi connectivity index (χ0) is 6.85. The van der Waals surface area contributed by atoms with Crippen molar-refractivity contribution in [2.45, 2.75) is 19.3 Å². The Kier molecular flexibility index (Phi) is 1.64. The van der Waals surface area contributed by atoms with E-state index in [9.17, 15) is 4.79 Å². The van der Waals surface area contributed by atoms with Crippen molar-refractivity contribution in [1.29, 1.82) is 0 Å². The molecular formula is C6H8O3. The van der Waals surface area contributed by atoms with Crippen LogP contribution in [0.25, 0.3) is 0 Å². The van der Waals surface area contributed by atoms with Gasteiger partial charge in [-0.3, -0.25) is 4.79 Å². The maximum Gasteiger partial charge on any atom is 0.220 e. The lowest BCUT2D eigenvalue weighted by Gasteiger charge is -2.16. The Bertz CT molecular complexity index is 150. The lowest BCUT2D eigenvalue weighted by atomic mass is 10.2. The molecule has 0 aromatic heterocycles. The van der Waals surface area contributed by atoms with Gasteiger partial charge in [0, 0.05) is 0 Å². The first-order valence-electron chi connectivity index (χ1n) is 2.76. The van der Waals surface area contributed by atoms with Gasteiger partial charge in [-0.05, 0) is 13.0 Å². The Balaban J connectivity index is 2.65. The summed E-state index contributed by atoms with van der Waals surface area (Å²) in [6.45, 7) is 1.76. The third-order valence-electron chi connectivity index (χ3n) is 1.12. The SMILES string of the molecule is CC1C=CC(=O)C(O)O1. The maximum absolute atomic E-state index is 10.5. The van der Waals surface area contributed by atoms with Gasteiger partial charge in [0.05, 0.1) is 6.10 Å². The molecule has 0 aliphatic carbocycles. The molecule has 2 unspecified atom stereocenters. The van der Waals surface area contributed by atoms with Gasteiger partial charge in [0.2, 0.25) is 12.1 Å². The van der Waals surface area contributed by atoms with Gasteiger partial charge in [0.25, 0.3) is 0 Å². The van der Waals surface area contributed by atoms with Crippen molar-refractivity contribution >= 4 is 5.78 Å². The summed E-state index contributed by atoms with van der Waals surface area (Å²) in [6.07, 6.45) is 1.54. The predicted octanol–water partition coefficient (Wildman–Crippen LogP) is -0.151. The maximum atomic E-state index is 10.5. The van der Waals surface area contributed by atoms with Crippen molar-refractivity contribution in [3.8, 4) is 0 Å². The Morgan fingerprint density at radius 3 is 2.89 bits per heavy atom. The fourth-order valence-electron chi connectivity index (χ4n) is 0.628. The summed E-state index contributed by atoms with van der Waals surface area (Å²) in [5.74, 6) is -0.381. The fourth-order valence-corrected chi connectivity index (χ4v) is 0.628. The summed E-state index contributed by atoms with van der Waals surface area (Å²) in [7, 11) is 0. The smallest absolute Gasteiger partial charge is 0.220 e. The van der Waals surface area contributed by atoms with E-state index in [1.807, 2.05) is 0 Å². The summed E-state index contributed by atoms with van der Waals surface area (Å²) in [6, 6.07) is 0. The Morgan fingerprint density at radius 1 is 1.78 bits per heavy atom. The summed E-state index contributed by atoms with van der Waals surface area (Å²) < 4.78 is 4.72. The standard InChI is InChI=1S/C6H8O3/c1-4-2-3-5(7)6(8)9-4/h2-4,6,8H,1H3. The highest BCUT2D eigenvalue weighted by atomic mass is 16.6. The molecule has 1 N–H and O–H groups in total. The van der Waals surface area contributed by atoms with Gasteiger partial charge >= 0.3 is 0 Å². The molecule has 0 aromatic rings. The van der Waals surface area contributed by atoms with E-state index < -0.39 is 6.29 Å². The molecule has 0 saturated carbocycles. The molecule has 2 atom stereocenters. The molecule has 0 spiro atoms. The number of aliphatic hydroxyl groups is 1. The van der Waals surface area contributed by atoms with Crippen molar-refractivity contribution in [2.75, 3.05) is 0 Å². The lowest BCUT2D eigenvalue weighted by Crippen LogP contribution is -2.29. The molecule has 1 aliphatic rings. The van der Waals surface area contributed by atoms with Crippen molar-refractivity contribution in [3.05, 3.63) is 12.2 Å². The number of rotatable bonds is 0. The molecule has 50 valence electrons. The van der Waals surface area contributed by atoms with Gasteiger partial charge in [-0.2, -0.15) is 0 Å². The molecule has 0 amide bonds. The van der Waals surface area contributed by atoms with Gasteiger partial charge in [0.15, 0.2) is 0 Å². The number of carbonyl (C=O) groups is 1. The summed E-state index contributed by atoms with van der Waals surface area (Å²) in [5.41, 5.74) is 0. The van der Waals surface area contributed by atoms with Crippen LogP contribution in [0.2, 0.25) is 0 Å². The summed E-state index contributed by atoms with van der Waals surface area (Å²) in [5, 5.41) is 8.73. The zero-order valence-electron chi connectivity index (χ0n) is 5.07. The first-order chi connectivity index (χ1) is 4.20. The van der Waals surface area contributed by atoms with Crippen LogP contribution in [0.3, 0.4) is 0 Å². The number of hydrogen-bond donors (Lipinski definition) is 1. The van der Waals surface area contributed by atoms with Crippen LogP contribution in [0.5, 0.6) is 0 Å². The van der Waals surface area contributed by atoms with E-state index in [1.54, 1.807) is 13.0 Å². The molecule has 1 rings (SSSR count). The number of hydrogen-bond acceptors (Lipinski definition) is 3. The molecular weight excluding hydrogens is 120 g/mol. The highest BCUT2D eigenvalue weighted by molar-refractivity contribution is 5.92. The lowest BCUT2D eigenvalue weighted by molar-refractivity contribution is -0.159. The molecule has 0 saturated heterocycles. The van der Waals surface area contributed by atoms with E-state index in [-0.39, 0.29) is 11.9 Å². The Morgan fingerprint density at radius 2 is 2.44 bits per heavy atom. The molecule has 9 heavy (non-hydrogen) atoms. The minimum absolute atomic E-state index is 0.155. The second kappa shape index (κ2) is 2.29. The summed E-state index contributed by atoms with van der Waals surface area (Å²) >= 11 is 0. The highest BCUT2D eigenvalue weighted by Crippen LogP contribution is 2.05. The number of carbonyl (C=O) groups excluding carboxylic acids is 1. The molecule has 3 nitrogen and oxygen atoms in total. The molecule has 1 heterocycles. The van der Waals surface area contributed by atoms with Gasteiger partial charge in [-0.15, -0.1) is 0 Å². The van der Waals surface area contributed by atoms with Gasteiger partial charge in [0.1, 0.15) is 0 Å². The molecule has 0 aromatic carbocycles. The third-order valence-corrected chi connectivity index (χ3v) is 1.12. The first-order valence-corrected chi connectivity index (χ1v) is 2.76. The van der Waals surface area contributed by atoms with Crippen LogP contribution in [-0.2, 0) is 9.53 Å². The van der Waals surface area contributed by atoms with Gasteiger partial charge < -0.3 is 9.84 Å². The van der Waals surface area contributed by atoms with E-state index in [2.05, 4.69) is 0 Å². The first kappa shape index (κ1) is 6.45. The quantitative estimate of drug-likeness (QED) is 0.493. The topological polar surface area (TPSA) is 46.5 Å². The normalized spacial score (nSPS) is 35.1. The fraction of sp³-hybridized carbons (Fsp3) is 0.500. The molecule has 0 bridgehead atoms. The second-order valence-electron chi connectivity index (χ2n) is 1.96. The average Bonchev–Trinajstić information content (AvgIpc) is 1.80. The molecule has 1 aliphatic heterocycles. The Labute approximate surface area is 52.9 Å². The van der Waals surface area contributed by atoms with Crippen LogP contribution in [0.15, 0.2) is 12.2 Å². The second-order valence-corrected chi connectivity index (χ2v) is 1.96. The summed E-state index contributed by atoms with van der Waals surface area (Å²) in [4.78, 5) is 10.5. The van der Waals surface area contributed by atoms with Crippen LogP contribution in [0, 0.1) is 0 Å². The van der Waals surface area contributed by atoms with Crippen LogP contribution >= 0.6 is 0 Å². The largest absolute Gasteiger partial charge is 0.362 e. The van der Waals surface area contributed by atoms with E-state index in [0.717, 1.165) is 0 Å². The van der Waals surface area contributed by atoms with Crippen molar-refractivity contribution in [1.82, 2.24) is 0 Å². The predicted molar refractivity (Wildman–Crippen MR) is 30.7 cm³/mol. The van der Waals surface area contributed by atoms with Crippen LogP contribution in [-0.4, -0.2) is 23.3 Å². The highest BCUT2D eigenvalue weighted by Gasteiger charge is 2.18. The van der Waals surface area contributed by atoms with Gasteiger partial charge in [-0.1, -0.05) is 6.08 Å². The number of ether oxygens (including phenoxy) is 1. The van der Waals surface area contributed by atoms with Crippen molar-refractivity contribution in [2.24, 2.45) is 0 Å². The van der Waals surface area contributed by atoms with E-state index in [1.165, 1.54) is 6.08 Å². The molecule has 3 heteroatoms. The van der Waals surface area contributed by atoms with E-state index >= 15 is 0 Å². The van der Waals surface area contributed by atoms with E-state index in [4.69, 9.17) is 9.84 Å². The third kappa shape index (κ3) is 1.37. The van der Waals surface area contributed by atoms with Crippen LogP contribution in [0.1, 0.15) is 6.92 Å². The number of ketones is 1. The zero-order valence-corrected chi connectivity index (χ0v) is 5.07. The van der Waals surface area contributed by atoms with Crippen LogP contribution in [0.4, 0.5) is 0 Å². The minimum atomic E-state index is -1.25. The molecule has 0 fully saturated rings. The molecule has 0 radical (unpaired) electrons. The van der Waals surface area contributed by atoms with Crippen LogP contribution < -0.4 is 0 Å². The minimum Gasteiger partial charge on any atom is -0.362 e. The van der Waals surface area contributed by atoms with Crippen molar-refractivity contribution in [3.63, 3.8) is 0 Å². The van der Waals surface area contributed by atoms with E-state index in [0.29, 0.717) is 0 Å². The number of aliphatic hydroxyl groups excluding tert-OH is 1. The Hall–Kier alpha value is -0.670. The monoisotopic (exact) mass is 128 g/mol. The van der Waals surface area contributed by atoms with Gasteiger partial charge in [-0.25, -0.2) is 0 Å².